The molecule has 144 valence electrons. The fourth-order valence-electron chi connectivity index (χ4n) is 3.19. The Balaban J connectivity index is 1.50. The number of halogens is 1. The number of amides is 1. The van der Waals surface area contributed by atoms with Crippen LogP contribution in [0.15, 0.2) is 51.8 Å². The molecule has 6 heteroatoms. The number of anilines is 2. The van der Waals surface area contributed by atoms with Crippen LogP contribution in [0.1, 0.15) is 12.5 Å². The summed E-state index contributed by atoms with van der Waals surface area (Å²) in [7, 11) is 0. The molecule has 3 rings (SSSR count). The van der Waals surface area contributed by atoms with Crippen molar-refractivity contribution in [2.24, 2.45) is 0 Å². The van der Waals surface area contributed by atoms with Crippen molar-refractivity contribution in [2.45, 2.75) is 18.7 Å². The molecule has 1 aliphatic rings. The number of hydrogen-bond acceptors (Lipinski definition) is 4. The quantitative estimate of drug-likeness (QED) is 0.654. The van der Waals surface area contributed by atoms with Gasteiger partial charge in [-0.1, -0.05) is 22.9 Å². The Morgan fingerprint density at radius 2 is 1.81 bits per heavy atom. The smallest absolute Gasteiger partial charge is 0.234 e. The van der Waals surface area contributed by atoms with E-state index in [1.54, 1.807) is 11.8 Å². The number of benzene rings is 2. The van der Waals surface area contributed by atoms with Crippen molar-refractivity contribution < 1.29 is 4.79 Å². The van der Waals surface area contributed by atoms with Crippen molar-refractivity contribution in [1.82, 2.24) is 4.90 Å². The molecule has 1 fully saturated rings. The molecule has 0 aromatic heterocycles. The maximum Gasteiger partial charge on any atom is 0.234 e. The maximum atomic E-state index is 12.3. The number of rotatable bonds is 6. The van der Waals surface area contributed by atoms with E-state index >= 15 is 0 Å². The number of hydrogen-bond donors (Lipinski definition) is 1. The minimum absolute atomic E-state index is 0.0200. The van der Waals surface area contributed by atoms with Gasteiger partial charge < -0.3 is 15.1 Å². The molecule has 0 bridgehead atoms. The van der Waals surface area contributed by atoms with E-state index in [2.05, 4.69) is 63.1 Å². The highest BCUT2D eigenvalue weighted by atomic mass is 79.9. The zero-order valence-electron chi connectivity index (χ0n) is 15.9. The predicted octanol–water partition coefficient (Wildman–Crippen LogP) is 4.63. The number of carbonyl (C=O) groups excluding carboxylic acids is 1. The molecule has 1 heterocycles. The Bertz CT molecular complexity index is 773. The number of aryl methyl sites for hydroxylation is 1. The SMILES string of the molecule is CCN1CCN(c2ccc(NC(=O)CSc3ccc(Br)cc3C)cc2)CC1. The Morgan fingerprint density at radius 1 is 1.11 bits per heavy atom. The van der Waals surface area contributed by atoms with Crippen LogP contribution in [0, 0.1) is 6.92 Å². The maximum absolute atomic E-state index is 12.3. The topological polar surface area (TPSA) is 35.6 Å². The second kappa shape index (κ2) is 9.62. The second-order valence-electron chi connectivity index (χ2n) is 6.71. The summed E-state index contributed by atoms with van der Waals surface area (Å²) in [5.74, 6) is 0.426. The summed E-state index contributed by atoms with van der Waals surface area (Å²) in [4.78, 5) is 18.3. The molecule has 0 atom stereocenters. The third-order valence-corrected chi connectivity index (χ3v) is 6.50. The van der Waals surface area contributed by atoms with Gasteiger partial charge >= 0.3 is 0 Å². The highest BCUT2D eigenvalue weighted by molar-refractivity contribution is 9.10. The summed E-state index contributed by atoms with van der Waals surface area (Å²) >= 11 is 5.03. The van der Waals surface area contributed by atoms with Crippen LogP contribution in [0.4, 0.5) is 11.4 Å². The molecule has 1 N–H and O–H groups in total. The number of piperazine rings is 1. The normalized spacial score (nSPS) is 15.0. The summed E-state index contributed by atoms with van der Waals surface area (Å²) in [6.07, 6.45) is 0. The van der Waals surface area contributed by atoms with Crippen molar-refractivity contribution >= 4 is 45.0 Å². The molecule has 1 saturated heterocycles. The largest absolute Gasteiger partial charge is 0.369 e. The lowest BCUT2D eigenvalue weighted by Gasteiger charge is -2.35. The van der Waals surface area contributed by atoms with Crippen LogP contribution < -0.4 is 10.2 Å². The number of nitrogens with zero attached hydrogens (tertiary/aromatic N) is 2. The molecule has 2 aromatic carbocycles. The molecule has 27 heavy (non-hydrogen) atoms. The average molecular weight is 448 g/mol. The van der Waals surface area contributed by atoms with Gasteiger partial charge in [0.15, 0.2) is 0 Å². The monoisotopic (exact) mass is 447 g/mol. The first-order chi connectivity index (χ1) is 13.0. The fraction of sp³-hybridized carbons (Fsp3) is 0.381. The van der Waals surface area contributed by atoms with E-state index in [9.17, 15) is 4.79 Å². The van der Waals surface area contributed by atoms with E-state index in [1.807, 2.05) is 24.3 Å². The summed E-state index contributed by atoms with van der Waals surface area (Å²) < 4.78 is 1.06. The Labute approximate surface area is 174 Å². The van der Waals surface area contributed by atoms with Crippen LogP contribution in [0.5, 0.6) is 0 Å². The van der Waals surface area contributed by atoms with Crippen molar-refractivity contribution in [3.8, 4) is 0 Å². The molecule has 1 amide bonds. The molecular weight excluding hydrogens is 422 g/mol. The molecular formula is C21H26BrN3OS. The summed E-state index contributed by atoms with van der Waals surface area (Å²) in [5, 5.41) is 2.99. The lowest BCUT2D eigenvalue weighted by molar-refractivity contribution is -0.113. The van der Waals surface area contributed by atoms with Gasteiger partial charge in [0.25, 0.3) is 0 Å². The minimum Gasteiger partial charge on any atom is -0.369 e. The van der Waals surface area contributed by atoms with E-state index < -0.39 is 0 Å². The molecule has 0 spiro atoms. The number of carbonyl (C=O) groups is 1. The van der Waals surface area contributed by atoms with Gasteiger partial charge in [-0.05, 0) is 61.5 Å². The lowest BCUT2D eigenvalue weighted by Crippen LogP contribution is -2.46. The van der Waals surface area contributed by atoms with Crippen molar-refractivity contribution in [3.63, 3.8) is 0 Å². The van der Waals surface area contributed by atoms with Crippen LogP contribution in [0.25, 0.3) is 0 Å². The fourth-order valence-corrected chi connectivity index (χ4v) is 4.48. The third-order valence-electron chi connectivity index (χ3n) is 4.83. The van der Waals surface area contributed by atoms with E-state index in [0.29, 0.717) is 5.75 Å². The second-order valence-corrected chi connectivity index (χ2v) is 8.65. The van der Waals surface area contributed by atoms with Gasteiger partial charge in [0.1, 0.15) is 0 Å². The zero-order valence-corrected chi connectivity index (χ0v) is 18.3. The molecule has 1 aliphatic heterocycles. The average Bonchev–Trinajstić information content (AvgIpc) is 2.68. The Hall–Kier alpha value is -1.50. The number of thioether (sulfide) groups is 1. The Kier molecular flexibility index (Phi) is 7.21. The summed E-state index contributed by atoms with van der Waals surface area (Å²) in [6.45, 7) is 9.74. The first-order valence-electron chi connectivity index (χ1n) is 9.31. The molecule has 0 aliphatic carbocycles. The van der Waals surface area contributed by atoms with Crippen LogP contribution in [0.3, 0.4) is 0 Å². The Morgan fingerprint density at radius 3 is 2.44 bits per heavy atom. The van der Waals surface area contributed by atoms with Crippen molar-refractivity contribution in [3.05, 3.63) is 52.5 Å². The third kappa shape index (κ3) is 5.74. The van der Waals surface area contributed by atoms with Crippen LogP contribution in [-0.4, -0.2) is 49.3 Å². The van der Waals surface area contributed by atoms with Crippen LogP contribution >= 0.6 is 27.7 Å². The number of nitrogens with one attached hydrogen (secondary N) is 1. The first kappa shape index (κ1) is 20.2. The highest BCUT2D eigenvalue weighted by Gasteiger charge is 2.15. The molecule has 4 nitrogen and oxygen atoms in total. The van der Waals surface area contributed by atoms with Gasteiger partial charge in [0.05, 0.1) is 5.75 Å². The predicted molar refractivity (Wildman–Crippen MR) is 119 cm³/mol. The lowest BCUT2D eigenvalue weighted by atomic mass is 10.2. The minimum atomic E-state index is 0.0200. The standard InChI is InChI=1S/C21H26BrN3OS/c1-3-24-10-12-25(13-11-24)19-7-5-18(6-8-19)23-21(26)15-27-20-9-4-17(22)14-16(20)2/h4-9,14H,3,10-13,15H2,1-2H3,(H,23,26). The van der Waals surface area contributed by atoms with Crippen molar-refractivity contribution in [1.29, 1.82) is 0 Å². The van der Waals surface area contributed by atoms with Crippen molar-refractivity contribution in [2.75, 3.05) is 48.7 Å². The van der Waals surface area contributed by atoms with E-state index in [1.165, 1.54) is 11.3 Å². The van der Waals surface area contributed by atoms with E-state index in [4.69, 9.17) is 0 Å². The van der Waals surface area contributed by atoms with E-state index in [0.717, 1.165) is 47.8 Å². The summed E-state index contributed by atoms with van der Waals surface area (Å²) in [6, 6.07) is 14.3. The van der Waals surface area contributed by atoms with Gasteiger partial charge in [0, 0.05) is 46.9 Å². The molecule has 0 unspecified atom stereocenters. The van der Waals surface area contributed by atoms with Crippen LogP contribution in [0.2, 0.25) is 0 Å². The van der Waals surface area contributed by atoms with Gasteiger partial charge in [0.2, 0.25) is 5.91 Å². The number of likely N-dealkylation sites (N-methyl/N-ethyl adjacent to an activating group) is 1. The summed E-state index contributed by atoms with van der Waals surface area (Å²) in [5.41, 5.74) is 3.25. The molecule has 0 radical (unpaired) electrons. The van der Waals surface area contributed by atoms with Gasteiger partial charge in [-0.25, -0.2) is 0 Å². The van der Waals surface area contributed by atoms with Gasteiger partial charge in [-0.2, -0.15) is 0 Å². The zero-order chi connectivity index (χ0) is 19.2. The van der Waals surface area contributed by atoms with E-state index in [-0.39, 0.29) is 5.91 Å². The van der Waals surface area contributed by atoms with Crippen LogP contribution in [-0.2, 0) is 4.79 Å². The highest BCUT2D eigenvalue weighted by Crippen LogP contribution is 2.25. The molecule has 2 aromatic rings. The van der Waals surface area contributed by atoms with Gasteiger partial charge in [-0.3, -0.25) is 4.79 Å². The van der Waals surface area contributed by atoms with Gasteiger partial charge in [-0.15, -0.1) is 11.8 Å². The first-order valence-corrected chi connectivity index (χ1v) is 11.1. The molecule has 0 saturated carbocycles.